The number of aliphatic hydroxyl groups excluding tert-OH is 1. The number of fused-ring (bicyclic) bond motifs is 7. The van der Waals surface area contributed by atoms with Crippen molar-refractivity contribution in [3.8, 4) is 0 Å². The molecule has 0 saturated heterocycles. The number of esters is 1. The van der Waals surface area contributed by atoms with Gasteiger partial charge in [-0.25, -0.2) is 22.8 Å². The monoisotopic (exact) mass is 566 g/mol. The van der Waals surface area contributed by atoms with Gasteiger partial charge in [0, 0.05) is 35.5 Å². The Bertz CT molecular complexity index is 1200. The fourth-order valence-corrected chi connectivity index (χ4v) is 9.96. The van der Waals surface area contributed by atoms with Crippen molar-refractivity contribution < 1.29 is 46.9 Å². The molecule has 2 bridgehead atoms. The van der Waals surface area contributed by atoms with Gasteiger partial charge >= 0.3 is 12.1 Å². The topological polar surface area (TPSA) is 99.1 Å². The Hall–Kier alpha value is -2.36. The first kappa shape index (κ1) is 27.8. The van der Waals surface area contributed by atoms with Crippen LogP contribution in [0.3, 0.4) is 0 Å². The Morgan fingerprint density at radius 3 is 2.55 bits per heavy atom. The van der Waals surface area contributed by atoms with Gasteiger partial charge < -0.3 is 19.3 Å². The second kappa shape index (κ2) is 9.07. The second-order valence-corrected chi connectivity index (χ2v) is 13.5. The highest BCUT2D eigenvalue weighted by molar-refractivity contribution is 5.93. The maximum atomic E-state index is 17.5. The Labute approximate surface area is 231 Å². The maximum absolute atomic E-state index is 17.5. The lowest BCUT2D eigenvalue weighted by Crippen LogP contribution is -2.70. The van der Waals surface area contributed by atoms with E-state index in [1.165, 1.54) is 19.1 Å². The Kier molecular flexibility index (Phi) is 6.30. The van der Waals surface area contributed by atoms with E-state index >= 15 is 8.78 Å². The number of hydrogen-bond acceptors (Lipinski definition) is 7. The van der Waals surface area contributed by atoms with Crippen molar-refractivity contribution in [3.63, 3.8) is 0 Å². The number of halogens is 3. The molecule has 6 aliphatic rings. The molecule has 0 aromatic carbocycles. The molecule has 0 aromatic heterocycles. The van der Waals surface area contributed by atoms with Gasteiger partial charge in [-0.2, -0.15) is 0 Å². The quantitative estimate of drug-likeness (QED) is 0.452. The molecule has 0 radical (unpaired) electrons. The number of ketones is 1. The first-order chi connectivity index (χ1) is 18.8. The first-order valence-corrected chi connectivity index (χ1v) is 14.4. The van der Waals surface area contributed by atoms with Crippen molar-refractivity contribution in [1.29, 1.82) is 0 Å². The molecular weight excluding hydrogens is 529 g/mol. The normalized spacial score (nSPS) is 48.9. The zero-order valence-electron chi connectivity index (χ0n) is 23.1. The molecule has 1 N–H and O–H groups in total. The summed E-state index contributed by atoms with van der Waals surface area (Å²) in [7, 11) is 0. The van der Waals surface area contributed by atoms with Crippen LogP contribution in [0.25, 0.3) is 0 Å². The minimum Gasteiger partial charge on any atom is -0.431 e. The largest absolute Gasteiger partial charge is 0.509 e. The number of carbonyl (C=O) groups is 3. The Morgan fingerprint density at radius 1 is 1.15 bits per heavy atom. The molecule has 0 aromatic rings. The molecule has 0 aliphatic heterocycles. The molecule has 0 unspecified atom stereocenters. The van der Waals surface area contributed by atoms with Crippen LogP contribution in [0.4, 0.5) is 18.0 Å². The van der Waals surface area contributed by atoms with E-state index in [0.29, 0.717) is 12.3 Å². The van der Waals surface area contributed by atoms with Gasteiger partial charge in [0.25, 0.3) is 0 Å². The SMILES string of the molecule is C[C@@H]1C[C@H]2[C@@H]3CC(F)=C4CC(=O)C=C[C@]4(C)[C@@]3(F)[C@@H](O)C[C@]2(C)[C@@]1(OC(=O)O[C@H]1C[C@@H]2CC[C@H]1C2)C(=O)OCF. The van der Waals surface area contributed by atoms with Crippen LogP contribution in [-0.2, 0) is 23.8 Å². The van der Waals surface area contributed by atoms with Crippen LogP contribution in [0.1, 0.15) is 72.1 Å². The highest BCUT2D eigenvalue weighted by Gasteiger charge is 2.78. The lowest BCUT2D eigenvalue weighted by Gasteiger charge is -2.62. The van der Waals surface area contributed by atoms with Crippen molar-refractivity contribution >= 4 is 17.9 Å². The minimum absolute atomic E-state index is 0.0289. The number of hydrogen-bond donors (Lipinski definition) is 1. The lowest BCUT2D eigenvalue weighted by atomic mass is 9.45. The summed E-state index contributed by atoms with van der Waals surface area (Å²) in [5.74, 6) is -3.99. The Balaban J connectivity index is 1.39. The van der Waals surface area contributed by atoms with Crippen LogP contribution in [0, 0.1) is 40.4 Å². The summed E-state index contributed by atoms with van der Waals surface area (Å²) in [6.07, 6.45) is 2.32. The smallest absolute Gasteiger partial charge is 0.431 e. The van der Waals surface area contributed by atoms with E-state index in [1.807, 2.05) is 0 Å². The molecule has 11 atom stereocenters. The number of carbonyl (C=O) groups excluding carboxylic acids is 3. The van der Waals surface area contributed by atoms with Crippen molar-refractivity contribution in [2.75, 3.05) is 6.86 Å². The Morgan fingerprint density at radius 2 is 1.90 bits per heavy atom. The molecule has 6 rings (SSSR count). The van der Waals surface area contributed by atoms with E-state index in [0.717, 1.165) is 19.3 Å². The van der Waals surface area contributed by atoms with Gasteiger partial charge in [-0.05, 0) is 74.9 Å². The fourth-order valence-electron chi connectivity index (χ4n) is 9.96. The van der Waals surface area contributed by atoms with Crippen LogP contribution in [-0.4, -0.2) is 53.4 Å². The molecule has 6 aliphatic carbocycles. The van der Waals surface area contributed by atoms with Crippen LogP contribution in [0.5, 0.6) is 0 Å². The molecule has 220 valence electrons. The highest BCUT2D eigenvalue weighted by atomic mass is 19.1. The van der Waals surface area contributed by atoms with Gasteiger partial charge in [0.2, 0.25) is 12.5 Å². The third-order valence-electron chi connectivity index (χ3n) is 11.9. The average molecular weight is 567 g/mol. The first-order valence-electron chi connectivity index (χ1n) is 14.4. The van der Waals surface area contributed by atoms with Gasteiger partial charge in [0.05, 0.1) is 6.10 Å². The summed E-state index contributed by atoms with van der Waals surface area (Å²) in [5.41, 5.74) is -7.41. The summed E-state index contributed by atoms with van der Waals surface area (Å²) in [5, 5.41) is 11.6. The zero-order chi connectivity index (χ0) is 28.8. The zero-order valence-corrected chi connectivity index (χ0v) is 23.1. The predicted molar refractivity (Wildman–Crippen MR) is 135 cm³/mol. The summed E-state index contributed by atoms with van der Waals surface area (Å²) in [6.45, 7) is 3.28. The maximum Gasteiger partial charge on any atom is 0.509 e. The van der Waals surface area contributed by atoms with E-state index in [1.54, 1.807) is 13.8 Å². The third kappa shape index (κ3) is 3.43. The fraction of sp³-hybridized carbons (Fsp3) is 0.767. The standard InChI is InChI=1S/C30H37F3O7/c1-15-8-19-20-12-22(32)21-11-18(34)6-7-27(21,2)29(20,33)24(35)13-28(19,3)30(15,25(36)38-14-31)40-26(37)39-23-10-16-4-5-17(23)9-16/h6-7,15-17,19-20,23-24,35H,4-5,8-14H2,1-3H3/t15-,16-,17+,19+,20+,23+,24+,27+,28+,29+,30+/m1/s1. The molecule has 7 nitrogen and oxygen atoms in total. The molecule has 40 heavy (non-hydrogen) atoms. The van der Waals surface area contributed by atoms with Crippen LogP contribution in [0.2, 0.25) is 0 Å². The number of alkyl halides is 2. The van der Waals surface area contributed by atoms with Gasteiger partial charge in [0.15, 0.2) is 11.5 Å². The van der Waals surface area contributed by atoms with E-state index in [2.05, 4.69) is 0 Å². The number of rotatable bonds is 4. The summed E-state index contributed by atoms with van der Waals surface area (Å²) in [6, 6.07) is 0. The van der Waals surface area contributed by atoms with Crippen LogP contribution in [0.15, 0.2) is 23.6 Å². The molecule has 4 fully saturated rings. The lowest BCUT2D eigenvalue weighted by molar-refractivity contribution is -0.231. The summed E-state index contributed by atoms with van der Waals surface area (Å²) < 4.78 is 63.0. The minimum atomic E-state index is -2.36. The van der Waals surface area contributed by atoms with E-state index in [4.69, 9.17) is 14.2 Å². The molecular formula is C30H37F3O7. The second-order valence-electron chi connectivity index (χ2n) is 13.5. The third-order valence-corrected chi connectivity index (χ3v) is 11.9. The van der Waals surface area contributed by atoms with Crippen molar-refractivity contribution in [3.05, 3.63) is 23.6 Å². The van der Waals surface area contributed by atoms with E-state index in [9.17, 15) is 23.9 Å². The molecule has 10 heteroatoms. The van der Waals surface area contributed by atoms with Gasteiger partial charge in [-0.15, -0.1) is 0 Å². The summed E-state index contributed by atoms with van der Waals surface area (Å²) >= 11 is 0. The van der Waals surface area contributed by atoms with Crippen LogP contribution < -0.4 is 0 Å². The van der Waals surface area contributed by atoms with Gasteiger partial charge in [-0.1, -0.05) is 19.9 Å². The highest BCUT2D eigenvalue weighted by Crippen LogP contribution is 2.71. The average Bonchev–Trinajstić information content (AvgIpc) is 3.56. The molecule has 0 amide bonds. The molecule has 0 spiro atoms. The van der Waals surface area contributed by atoms with Crippen LogP contribution >= 0.6 is 0 Å². The number of aliphatic hydroxyl groups is 1. The summed E-state index contributed by atoms with van der Waals surface area (Å²) in [4.78, 5) is 38.9. The van der Waals surface area contributed by atoms with Crippen molar-refractivity contribution in [2.24, 2.45) is 40.4 Å². The molecule has 4 saturated carbocycles. The van der Waals surface area contributed by atoms with Crippen molar-refractivity contribution in [1.82, 2.24) is 0 Å². The van der Waals surface area contributed by atoms with Gasteiger partial charge in [0.1, 0.15) is 11.9 Å². The van der Waals surface area contributed by atoms with Gasteiger partial charge in [-0.3, -0.25) is 4.79 Å². The number of ether oxygens (including phenoxy) is 3. The molecule has 0 heterocycles. The van der Waals surface area contributed by atoms with Crippen molar-refractivity contribution in [2.45, 2.75) is 95.6 Å². The van der Waals surface area contributed by atoms with E-state index < -0.39 is 70.8 Å². The number of allylic oxidation sites excluding steroid dienone is 4. The van der Waals surface area contributed by atoms with E-state index in [-0.39, 0.29) is 49.1 Å². The predicted octanol–water partition coefficient (Wildman–Crippen LogP) is 5.45.